The highest BCUT2D eigenvalue weighted by Crippen LogP contribution is 2.29. The summed E-state index contributed by atoms with van der Waals surface area (Å²) in [6.07, 6.45) is 3.71. The van der Waals surface area contributed by atoms with Gasteiger partial charge in [0.05, 0.1) is 24.1 Å². The van der Waals surface area contributed by atoms with Crippen LogP contribution in [0.15, 0.2) is 64.4 Å². The maximum absolute atomic E-state index is 13.4. The Morgan fingerprint density at radius 3 is 2.47 bits per heavy atom. The van der Waals surface area contributed by atoms with Gasteiger partial charge < -0.3 is 4.57 Å². The molecule has 0 amide bonds. The first-order valence-electron chi connectivity index (χ1n) is 11.3. The van der Waals surface area contributed by atoms with Gasteiger partial charge in [-0.05, 0) is 23.6 Å². The van der Waals surface area contributed by atoms with Crippen LogP contribution >= 0.6 is 0 Å². The monoisotopic (exact) mass is 457 g/mol. The van der Waals surface area contributed by atoms with Crippen LogP contribution in [0.4, 0.5) is 0 Å². The Morgan fingerprint density at radius 2 is 1.79 bits per heavy atom. The zero-order valence-electron chi connectivity index (χ0n) is 19.7. The Morgan fingerprint density at radius 1 is 1.03 bits per heavy atom. The highest BCUT2D eigenvalue weighted by molar-refractivity contribution is 5.90. The van der Waals surface area contributed by atoms with E-state index in [0.717, 1.165) is 22.5 Å². The molecular weight excluding hydrogens is 430 g/mol. The van der Waals surface area contributed by atoms with Crippen molar-refractivity contribution in [1.82, 2.24) is 33.7 Å². The van der Waals surface area contributed by atoms with Gasteiger partial charge in [0.25, 0.3) is 5.56 Å². The van der Waals surface area contributed by atoms with Crippen molar-refractivity contribution in [2.24, 2.45) is 20.0 Å². The maximum atomic E-state index is 13.4. The van der Waals surface area contributed by atoms with E-state index < -0.39 is 0 Å². The van der Waals surface area contributed by atoms with E-state index in [9.17, 15) is 9.59 Å². The van der Waals surface area contributed by atoms with E-state index in [0.29, 0.717) is 29.8 Å². The number of aryl methyl sites for hydroxylation is 1. The number of benzene rings is 1. The number of fused-ring (bicyclic) bond motifs is 1. The molecule has 0 saturated carbocycles. The summed E-state index contributed by atoms with van der Waals surface area (Å²) in [6, 6.07) is 13.8. The summed E-state index contributed by atoms with van der Waals surface area (Å²) in [4.78, 5) is 26.4. The molecule has 0 spiro atoms. The third-order valence-electron chi connectivity index (χ3n) is 6.06. The zero-order valence-corrected chi connectivity index (χ0v) is 19.7. The van der Waals surface area contributed by atoms with Crippen LogP contribution in [-0.4, -0.2) is 33.7 Å². The van der Waals surface area contributed by atoms with Gasteiger partial charge in [-0.15, -0.1) is 0 Å². The largest absolute Gasteiger partial charge is 0.349 e. The summed E-state index contributed by atoms with van der Waals surface area (Å²) in [6.45, 7) is 4.93. The first-order chi connectivity index (χ1) is 16.4. The Labute approximate surface area is 195 Å². The molecule has 0 fully saturated rings. The molecule has 34 heavy (non-hydrogen) atoms. The minimum Gasteiger partial charge on any atom is -0.349 e. The number of aromatic amines is 1. The molecule has 5 aromatic rings. The first-order valence-corrected chi connectivity index (χ1v) is 11.3. The van der Waals surface area contributed by atoms with Crippen molar-refractivity contribution in [2.45, 2.75) is 26.9 Å². The van der Waals surface area contributed by atoms with Crippen LogP contribution in [-0.2, 0) is 27.2 Å². The van der Waals surface area contributed by atoms with E-state index in [-0.39, 0.29) is 17.2 Å². The van der Waals surface area contributed by atoms with Crippen LogP contribution in [0.2, 0.25) is 0 Å². The van der Waals surface area contributed by atoms with Crippen LogP contribution < -0.4 is 11.2 Å². The molecule has 0 saturated heterocycles. The quantitative estimate of drug-likeness (QED) is 0.424. The lowest BCUT2D eigenvalue weighted by atomic mass is 10.1. The van der Waals surface area contributed by atoms with Crippen LogP contribution in [0.1, 0.15) is 19.4 Å². The topological polar surface area (TPSA) is 95.4 Å². The van der Waals surface area contributed by atoms with Crippen molar-refractivity contribution >= 4 is 11.0 Å². The van der Waals surface area contributed by atoms with Crippen molar-refractivity contribution in [1.29, 1.82) is 0 Å². The average Bonchev–Trinajstić information content (AvgIpc) is 3.54. The summed E-state index contributed by atoms with van der Waals surface area (Å²) in [5, 5.41) is 12.6. The molecule has 0 aliphatic carbocycles. The third kappa shape index (κ3) is 3.49. The van der Waals surface area contributed by atoms with Gasteiger partial charge in [-0.3, -0.25) is 23.7 Å². The van der Waals surface area contributed by atoms with Crippen LogP contribution in [0.5, 0.6) is 0 Å². The standard InChI is InChI=1S/C25H27N7O2/c1-16(2)14-31-23-20(24(33)30(4)25(31)34)22(19-11-8-12-29(19)3)32(28-23)15-18-13-26-27-21(18)17-9-6-5-7-10-17/h5-13,16H,14-15H2,1-4H3,(H,26,27). The SMILES string of the molecule is CC(C)Cn1c(=O)n(C)c(=O)c2c(-c3cccn3C)n(Cc3cn[nH]c3-c3ccccc3)nc21. The van der Waals surface area contributed by atoms with Gasteiger partial charge in [-0.2, -0.15) is 10.2 Å². The summed E-state index contributed by atoms with van der Waals surface area (Å²) >= 11 is 0. The molecular formula is C25H27N7O2. The van der Waals surface area contributed by atoms with Gasteiger partial charge in [0.1, 0.15) is 11.1 Å². The van der Waals surface area contributed by atoms with Gasteiger partial charge >= 0.3 is 5.69 Å². The number of H-pyrrole nitrogens is 1. The molecule has 0 aliphatic heterocycles. The van der Waals surface area contributed by atoms with E-state index >= 15 is 0 Å². The van der Waals surface area contributed by atoms with Gasteiger partial charge in [-0.1, -0.05) is 44.2 Å². The van der Waals surface area contributed by atoms with Crippen molar-refractivity contribution in [3.05, 3.63) is 81.3 Å². The molecule has 1 N–H and O–H groups in total. The summed E-state index contributed by atoms with van der Waals surface area (Å²) < 4.78 is 6.56. The fourth-order valence-corrected chi connectivity index (χ4v) is 4.42. The van der Waals surface area contributed by atoms with Gasteiger partial charge in [0.2, 0.25) is 0 Å². The van der Waals surface area contributed by atoms with Crippen molar-refractivity contribution in [2.75, 3.05) is 0 Å². The fourth-order valence-electron chi connectivity index (χ4n) is 4.42. The lowest BCUT2D eigenvalue weighted by Gasteiger charge is -2.11. The number of hydrogen-bond acceptors (Lipinski definition) is 4. The molecule has 0 radical (unpaired) electrons. The van der Waals surface area contributed by atoms with Crippen molar-refractivity contribution in [3.63, 3.8) is 0 Å². The second kappa shape index (κ2) is 8.33. The molecule has 4 aromatic heterocycles. The van der Waals surface area contributed by atoms with Gasteiger partial charge in [0, 0.05) is 32.4 Å². The predicted molar refractivity (Wildman–Crippen MR) is 132 cm³/mol. The van der Waals surface area contributed by atoms with E-state index in [1.54, 1.807) is 10.8 Å². The normalized spacial score (nSPS) is 11.7. The molecule has 9 heteroatoms. The number of hydrogen-bond donors (Lipinski definition) is 1. The van der Waals surface area contributed by atoms with Crippen molar-refractivity contribution < 1.29 is 0 Å². The molecule has 1 aromatic carbocycles. The molecule has 174 valence electrons. The highest BCUT2D eigenvalue weighted by atomic mass is 16.2. The molecule has 9 nitrogen and oxygen atoms in total. The van der Waals surface area contributed by atoms with E-state index in [1.165, 1.54) is 11.6 Å². The number of nitrogens with one attached hydrogen (secondary N) is 1. The predicted octanol–water partition coefficient (Wildman–Crippen LogP) is 3.00. The minimum atomic E-state index is -0.359. The number of aromatic nitrogens is 7. The molecule has 5 rings (SSSR count). The Balaban J connectivity index is 1.79. The number of nitrogens with zero attached hydrogens (tertiary/aromatic N) is 6. The van der Waals surface area contributed by atoms with Crippen LogP contribution in [0.25, 0.3) is 33.7 Å². The van der Waals surface area contributed by atoms with Gasteiger partial charge in [0.15, 0.2) is 5.65 Å². The lowest BCUT2D eigenvalue weighted by Crippen LogP contribution is -2.38. The van der Waals surface area contributed by atoms with E-state index in [1.807, 2.05) is 78.8 Å². The Hall–Kier alpha value is -4.14. The smallest absolute Gasteiger partial charge is 0.332 e. The van der Waals surface area contributed by atoms with E-state index in [2.05, 4.69) is 10.2 Å². The van der Waals surface area contributed by atoms with Gasteiger partial charge in [-0.25, -0.2) is 4.79 Å². The summed E-state index contributed by atoms with van der Waals surface area (Å²) in [7, 11) is 3.46. The summed E-state index contributed by atoms with van der Waals surface area (Å²) in [5.74, 6) is 0.209. The van der Waals surface area contributed by atoms with E-state index in [4.69, 9.17) is 5.10 Å². The first kappa shape index (κ1) is 21.7. The molecule has 0 aliphatic rings. The Bertz CT molecular complexity index is 1600. The number of rotatable bonds is 6. The molecule has 4 heterocycles. The van der Waals surface area contributed by atoms with Crippen LogP contribution in [0, 0.1) is 5.92 Å². The highest BCUT2D eigenvalue weighted by Gasteiger charge is 2.24. The summed E-state index contributed by atoms with van der Waals surface area (Å²) in [5.41, 5.74) is 4.07. The second-order valence-electron chi connectivity index (χ2n) is 9.00. The molecule has 0 atom stereocenters. The maximum Gasteiger partial charge on any atom is 0.332 e. The fraction of sp³-hybridized carbons (Fsp3) is 0.280. The second-order valence-corrected chi connectivity index (χ2v) is 9.00. The third-order valence-corrected chi connectivity index (χ3v) is 6.06. The van der Waals surface area contributed by atoms with Crippen molar-refractivity contribution in [3.8, 4) is 22.6 Å². The molecule has 0 bridgehead atoms. The minimum absolute atomic E-state index is 0.209. The molecule has 0 unspecified atom stereocenters. The lowest BCUT2D eigenvalue weighted by molar-refractivity contribution is 0.498. The average molecular weight is 458 g/mol. The Kier molecular flexibility index (Phi) is 5.31. The zero-order chi connectivity index (χ0) is 24.0. The van der Waals surface area contributed by atoms with Crippen LogP contribution in [0.3, 0.4) is 0 Å².